The molecule has 1 heterocycles. The molecule has 0 aromatic rings. The lowest BCUT2D eigenvalue weighted by atomic mass is 10.2. The van der Waals surface area contributed by atoms with E-state index >= 15 is 0 Å². The molecule has 0 N–H and O–H groups in total. The molecule has 1 aliphatic rings. The largest absolute Gasteiger partial charge is 0.376 e. The molecule has 0 aliphatic carbocycles. The Morgan fingerprint density at radius 3 is 2.91 bits per heavy atom. The fraction of sp³-hybridized carbons (Fsp3) is 0.667. The minimum absolute atomic E-state index is 0.330. The Morgan fingerprint density at radius 2 is 2.36 bits per heavy atom. The molecule has 1 atom stereocenters. The van der Waals surface area contributed by atoms with Crippen molar-refractivity contribution < 1.29 is 9.47 Å². The zero-order chi connectivity index (χ0) is 7.94. The van der Waals surface area contributed by atoms with Crippen LogP contribution in [0.4, 0.5) is 0 Å². The number of hydrogen-bond donors (Lipinski definition) is 0. The number of rotatable bonds is 3. The highest BCUT2D eigenvalue weighted by Crippen LogP contribution is 2.10. The van der Waals surface area contributed by atoms with Crippen molar-refractivity contribution in [3.63, 3.8) is 0 Å². The van der Waals surface area contributed by atoms with E-state index < -0.39 is 0 Å². The van der Waals surface area contributed by atoms with Crippen LogP contribution in [0.5, 0.6) is 0 Å². The van der Waals surface area contributed by atoms with Gasteiger partial charge in [0.25, 0.3) is 0 Å². The van der Waals surface area contributed by atoms with Crippen molar-refractivity contribution in [3.8, 4) is 11.8 Å². The Bertz CT molecular complexity index is 151. The average Bonchev–Trinajstić information content (AvgIpc) is 1.93. The predicted molar refractivity (Wildman–Crippen MR) is 42.9 cm³/mol. The van der Waals surface area contributed by atoms with E-state index in [-0.39, 0.29) is 0 Å². The van der Waals surface area contributed by atoms with Gasteiger partial charge in [-0.25, -0.2) is 0 Å². The fourth-order valence-corrected chi connectivity index (χ4v) is 0.797. The van der Waals surface area contributed by atoms with Crippen LogP contribution in [0.15, 0.2) is 0 Å². The van der Waals surface area contributed by atoms with Crippen LogP contribution in [0.3, 0.4) is 0 Å². The van der Waals surface area contributed by atoms with Gasteiger partial charge in [-0.2, -0.15) is 0 Å². The monoisotopic (exact) mass is 153 g/mol. The molecule has 1 saturated heterocycles. The smallest absolute Gasteiger partial charge is 0.107 e. The maximum Gasteiger partial charge on any atom is 0.107 e. The van der Waals surface area contributed by atoms with E-state index in [0.29, 0.717) is 25.7 Å². The van der Waals surface area contributed by atoms with E-state index in [4.69, 9.17) is 9.47 Å². The summed E-state index contributed by atoms with van der Waals surface area (Å²) >= 11 is 0. The first-order chi connectivity index (χ1) is 5.43. The van der Waals surface area contributed by atoms with E-state index in [1.807, 2.05) is 0 Å². The molecule has 1 fully saturated rings. The van der Waals surface area contributed by atoms with Gasteiger partial charge < -0.3 is 9.47 Å². The molecule has 0 spiro atoms. The molecule has 2 nitrogen and oxygen atoms in total. The van der Waals surface area contributed by atoms with Gasteiger partial charge in [-0.05, 0) is 13.3 Å². The predicted octanol–water partition coefficient (Wildman–Crippen LogP) is 1.02. The number of hydrogen-bond acceptors (Lipinski definition) is 2. The second kappa shape index (κ2) is 5.17. The van der Waals surface area contributed by atoms with Crippen LogP contribution in [0.25, 0.3) is 0 Å². The molecule has 2 heteroatoms. The Morgan fingerprint density at radius 1 is 1.55 bits per heavy atom. The standard InChI is InChI=1S/C9H13O2/c1-2-3-4-6-10-8-9-5-7-11-9/h9H,1-2,5-8H2. The second-order valence-electron chi connectivity index (χ2n) is 2.40. The topological polar surface area (TPSA) is 18.5 Å². The Labute approximate surface area is 67.9 Å². The van der Waals surface area contributed by atoms with E-state index in [1.54, 1.807) is 0 Å². The van der Waals surface area contributed by atoms with Gasteiger partial charge in [0.05, 0.1) is 12.7 Å². The quantitative estimate of drug-likeness (QED) is 0.445. The van der Waals surface area contributed by atoms with Crippen LogP contribution in [-0.4, -0.2) is 25.9 Å². The van der Waals surface area contributed by atoms with Gasteiger partial charge >= 0.3 is 0 Å². The van der Waals surface area contributed by atoms with Gasteiger partial charge in [0, 0.05) is 13.0 Å². The van der Waals surface area contributed by atoms with Crippen LogP contribution >= 0.6 is 0 Å². The Kier molecular flexibility index (Phi) is 4.03. The lowest BCUT2D eigenvalue weighted by Gasteiger charge is -2.25. The molecule has 1 radical (unpaired) electrons. The summed E-state index contributed by atoms with van der Waals surface area (Å²) in [5.74, 6) is 5.68. The van der Waals surface area contributed by atoms with Crippen molar-refractivity contribution in [1.29, 1.82) is 0 Å². The zero-order valence-corrected chi connectivity index (χ0v) is 6.64. The third kappa shape index (κ3) is 3.41. The third-order valence-electron chi connectivity index (χ3n) is 1.52. The summed E-state index contributed by atoms with van der Waals surface area (Å²) in [5.41, 5.74) is 0. The zero-order valence-electron chi connectivity index (χ0n) is 6.64. The van der Waals surface area contributed by atoms with Crippen molar-refractivity contribution in [2.75, 3.05) is 19.8 Å². The molecule has 1 aliphatic heterocycles. The Balaban J connectivity index is 1.87. The molecule has 61 valence electrons. The third-order valence-corrected chi connectivity index (χ3v) is 1.52. The van der Waals surface area contributed by atoms with Crippen LogP contribution in [-0.2, 0) is 9.47 Å². The van der Waals surface area contributed by atoms with Crippen molar-refractivity contribution in [2.24, 2.45) is 0 Å². The second-order valence-corrected chi connectivity index (χ2v) is 2.40. The van der Waals surface area contributed by atoms with Crippen molar-refractivity contribution in [1.82, 2.24) is 0 Å². The van der Waals surface area contributed by atoms with E-state index in [1.165, 1.54) is 0 Å². The van der Waals surface area contributed by atoms with E-state index in [2.05, 4.69) is 18.8 Å². The summed E-state index contributed by atoms with van der Waals surface area (Å²) in [7, 11) is 0. The van der Waals surface area contributed by atoms with Crippen LogP contribution < -0.4 is 0 Å². The molecule has 0 bridgehead atoms. The van der Waals surface area contributed by atoms with Gasteiger partial charge in [-0.15, -0.1) is 5.92 Å². The van der Waals surface area contributed by atoms with Crippen LogP contribution in [0.1, 0.15) is 12.8 Å². The molecule has 1 unspecified atom stereocenters. The van der Waals surface area contributed by atoms with Gasteiger partial charge in [0.2, 0.25) is 0 Å². The summed E-state index contributed by atoms with van der Waals surface area (Å²) in [6.07, 6.45) is 2.11. The summed E-state index contributed by atoms with van der Waals surface area (Å²) < 4.78 is 10.4. The maximum absolute atomic E-state index is 5.21. The van der Waals surface area contributed by atoms with Gasteiger partial charge in [-0.3, -0.25) is 0 Å². The van der Waals surface area contributed by atoms with Crippen LogP contribution in [0, 0.1) is 18.8 Å². The fourth-order valence-electron chi connectivity index (χ4n) is 0.797. The molecule has 1 rings (SSSR count). The van der Waals surface area contributed by atoms with E-state index in [9.17, 15) is 0 Å². The molecule has 11 heavy (non-hydrogen) atoms. The molecule has 0 amide bonds. The number of ether oxygens (including phenoxy) is 2. The molecule has 0 saturated carbocycles. The van der Waals surface area contributed by atoms with Crippen LogP contribution in [0.2, 0.25) is 0 Å². The highest BCUT2D eigenvalue weighted by atomic mass is 16.5. The summed E-state index contributed by atoms with van der Waals surface area (Å²) in [6, 6.07) is 0. The molecule has 0 aromatic carbocycles. The molecule has 0 aromatic heterocycles. The van der Waals surface area contributed by atoms with Crippen molar-refractivity contribution in [2.45, 2.75) is 18.9 Å². The normalized spacial score (nSPS) is 21.7. The van der Waals surface area contributed by atoms with E-state index in [0.717, 1.165) is 13.0 Å². The lowest BCUT2D eigenvalue weighted by Crippen LogP contribution is -2.31. The van der Waals surface area contributed by atoms with Crippen molar-refractivity contribution >= 4 is 0 Å². The first kappa shape index (κ1) is 8.58. The van der Waals surface area contributed by atoms with Crippen molar-refractivity contribution in [3.05, 3.63) is 6.92 Å². The summed E-state index contributed by atoms with van der Waals surface area (Å²) in [6.45, 7) is 5.68. The maximum atomic E-state index is 5.21. The highest BCUT2D eigenvalue weighted by Gasteiger charge is 2.17. The Hall–Kier alpha value is -0.520. The highest BCUT2D eigenvalue weighted by molar-refractivity contribution is 4.99. The molecular weight excluding hydrogens is 140 g/mol. The minimum atomic E-state index is 0.330. The summed E-state index contributed by atoms with van der Waals surface area (Å²) in [4.78, 5) is 0. The lowest BCUT2D eigenvalue weighted by molar-refractivity contribution is -0.0896. The average molecular weight is 153 g/mol. The van der Waals surface area contributed by atoms with Gasteiger partial charge in [0.1, 0.15) is 6.61 Å². The first-order valence-electron chi connectivity index (χ1n) is 3.88. The minimum Gasteiger partial charge on any atom is -0.376 e. The van der Waals surface area contributed by atoms with Gasteiger partial charge in [0.15, 0.2) is 0 Å². The van der Waals surface area contributed by atoms with Gasteiger partial charge in [-0.1, -0.05) is 5.92 Å². The first-order valence-corrected chi connectivity index (χ1v) is 3.88. The SMILES string of the molecule is [CH2]CC#CCOCC1CCO1. The summed E-state index contributed by atoms with van der Waals surface area (Å²) in [5, 5.41) is 0. The molecular formula is C9H13O2.